The van der Waals surface area contributed by atoms with Gasteiger partial charge in [0, 0.05) is 17.7 Å². The summed E-state index contributed by atoms with van der Waals surface area (Å²) in [7, 11) is 1.46. The maximum Gasteiger partial charge on any atom is 0.130 e. The fourth-order valence-electron chi connectivity index (χ4n) is 1.48. The van der Waals surface area contributed by atoms with Crippen LogP contribution >= 0.6 is 0 Å². The van der Waals surface area contributed by atoms with Crippen LogP contribution in [0.4, 0.5) is 4.39 Å². The SMILES string of the molecule is COc1cc(F)cc(O)c1CCCCN. The fraction of sp³-hybridized carbons (Fsp3) is 0.455. The standard InChI is InChI=1S/C11H16FNO2/c1-15-11-7-8(12)6-10(14)9(11)4-2-3-5-13/h6-7,14H,2-5,13H2,1H3. The van der Waals surface area contributed by atoms with Gasteiger partial charge in [-0.25, -0.2) is 4.39 Å². The smallest absolute Gasteiger partial charge is 0.130 e. The Morgan fingerprint density at radius 1 is 1.40 bits per heavy atom. The molecule has 0 unspecified atom stereocenters. The van der Waals surface area contributed by atoms with Crippen LogP contribution in [0.15, 0.2) is 12.1 Å². The zero-order valence-electron chi connectivity index (χ0n) is 8.79. The van der Waals surface area contributed by atoms with Crippen molar-refractivity contribution in [3.8, 4) is 11.5 Å². The van der Waals surface area contributed by atoms with E-state index < -0.39 is 5.82 Å². The largest absolute Gasteiger partial charge is 0.507 e. The summed E-state index contributed by atoms with van der Waals surface area (Å²) in [5.74, 6) is -0.152. The predicted molar refractivity (Wildman–Crippen MR) is 56.6 cm³/mol. The third-order valence-corrected chi connectivity index (χ3v) is 2.25. The van der Waals surface area contributed by atoms with Crippen LogP contribution in [0, 0.1) is 5.82 Å². The molecule has 0 saturated heterocycles. The van der Waals surface area contributed by atoms with Crippen LogP contribution in [0.5, 0.6) is 11.5 Å². The Hall–Kier alpha value is -1.29. The van der Waals surface area contributed by atoms with Crippen molar-refractivity contribution in [2.45, 2.75) is 19.3 Å². The topological polar surface area (TPSA) is 55.5 Å². The second-order valence-electron chi connectivity index (χ2n) is 3.35. The fourth-order valence-corrected chi connectivity index (χ4v) is 1.48. The molecule has 0 aliphatic rings. The lowest BCUT2D eigenvalue weighted by Gasteiger charge is -2.10. The number of nitrogens with two attached hydrogens (primary N) is 1. The molecule has 0 amide bonds. The summed E-state index contributed by atoms with van der Waals surface area (Å²) in [6.45, 7) is 0.615. The molecule has 0 radical (unpaired) electrons. The number of hydrogen-bond donors (Lipinski definition) is 2. The van der Waals surface area contributed by atoms with E-state index in [2.05, 4.69) is 0 Å². The van der Waals surface area contributed by atoms with Gasteiger partial charge in [-0.2, -0.15) is 0 Å². The van der Waals surface area contributed by atoms with E-state index in [1.54, 1.807) is 0 Å². The first-order valence-corrected chi connectivity index (χ1v) is 4.94. The number of halogens is 1. The minimum Gasteiger partial charge on any atom is -0.507 e. The van der Waals surface area contributed by atoms with Crippen LogP contribution in [0.1, 0.15) is 18.4 Å². The van der Waals surface area contributed by atoms with Crippen LogP contribution in [0.3, 0.4) is 0 Å². The molecular formula is C11H16FNO2. The number of methoxy groups -OCH3 is 1. The number of hydrogen-bond acceptors (Lipinski definition) is 3. The molecule has 0 saturated carbocycles. The minimum absolute atomic E-state index is 0.0520. The molecule has 1 rings (SSSR count). The summed E-state index contributed by atoms with van der Waals surface area (Å²) in [6.07, 6.45) is 2.37. The van der Waals surface area contributed by atoms with Crippen molar-refractivity contribution in [2.24, 2.45) is 5.73 Å². The predicted octanol–water partition coefficient (Wildman–Crippen LogP) is 1.82. The maximum atomic E-state index is 12.9. The van der Waals surface area contributed by atoms with Gasteiger partial charge in [-0.15, -0.1) is 0 Å². The Balaban J connectivity index is 2.84. The number of phenolic OH excluding ortho intramolecular Hbond substituents is 1. The van der Waals surface area contributed by atoms with Gasteiger partial charge in [-0.3, -0.25) is 0 Å². The first-order valence-electron chi connectivity index (χ1n) is 4.94. The van der Waals surface area contributed by atoms with Crippen molar-refractivity contribution >= 4 is 0 Å². The summed E-state index contributed by atoms with van der Waals surface area (Å²) in [5, 5.41) is 9.55. The lowest BCUT2D eigenvalue weighted by Crippen LogP contribution is -2.00. The average Bonchev–Trinajstić information content (AvgIpc) is 2.20. The van der Waals surface area contributed by atoms with Crippen molar-refractivity contribution < 1.29 is 14.2 Å². The van der Waals surface area contributed by atoms with E-state index in [4.69, 9.17) is 10.5 Å². The Kier molecular flexibility index (Phi) is 4.37. The highest BCUT2D eigenvalue weighted by atomic mass is 19.1. The number of phenols is 1. The second kappa shape index (κ2) is 5.56. The van der Waals surface area contributed by atoms with Gasteiger partial charge in [0.15, 0.2) is 0 Å². The molecule has 3 nitrogen and oxygen atoms in total. The second-order valence-corrected chi connectivity index (χ2v) is 3.35. The Bertz CT molecular complexity index is 329. The van der Waals surface area contributed by atoms with Crippen LogP contribution in [-0.4, -0.2) is 18.8 Å². The Morgan fingerprint density at radius 3 is 2.73 bits per heavy atom. The molecule has 15 heavy (non-hydrogen) atoms. The molecule has 3 N–H and O–H groups in total. The van der Waals surface area contributed by atoms with Crippen LogP contribution in [0.25, 0.3) is 0 Å². The number of benzene rings is 1. The van der Waals surface area contributed by atoms with Gasteiger partial charge in [0.2, 0.25) is 0 Å². The molecule has 0 fully saturated rings. The van der Waals surface area contributed by atoms with Crippen LogP contribution in [-0.2, 0) is 6.42 Å². The van der Waals surface area contributed by atoms with Gasteiger partial charge in [-0.1, -0.05) is 0 Å². The zero-order valence-corrected chi connectivity index (χ0v) is 8.79. The van der Waals surface area contributed by atoms with E-state index in [-0.39, 0.29) is 5.75 Å². The summed E-state index contributed by atoms with van der Waals surface area (Å²) in [4.78, 5) is 0. The van der Waals surface area contributed by atoms with Crippen LogP contribution < -0.4 is 10.5 Å². The normalized spacial score (nSPS) is 10.3. The molecule has 1 aromatic rings. The first kappa shape index (κ1) is 11.8. The van der Waals surface area contributed by atoms with Crippen molar-refractivity contribution in [3.05, 3.63) is 23.5 Å². The van der Waals surface area contributed by atoms with Crippen molar-refractivity contribution in [3.63, 3.8) is 0 Å². The van der Waals surface area contributed by atoms with E-state index in [0.29, 0.717) is 24.3 Å². The minimum atomic E-state index is -0.494. The van der Waals surface area contributed by atoms with Crippen molar-refractivity contribution in [1.82, 2.24) is 0 Å². The maximum absolute atomic E-state index is 12.9. The number of rotatable bonds is 5. The van der Waals surface area contributed by atoms with Crippen molar-refractivity contribution in [2.75, 3.05) is 13.7 Å². The van der Waals surface area contributed by atoms with E-state index in [9.17, 15) is 9.50 Å². The monoisotopic (exact) mass is 213 g/mol. The van der Waals surface area contributed by atoms with E-state index in [1.165, 1.54) is 13.2 Å². The van der Waals surface area contributed by atoms with Gasteiger partial charge in [0.05, 0.1) is 7.11 Å². The highest BCUT2D eigenvalue weighted by Crippen LogP contribution is 2.30. The average molecular weight is 213 g/mol. The molecule has 0 atom stereocenters. The quantitative estimate of drug-likeness (QED) is 0.733. The molecule has 0 heterocycles. The lowest BCUT2D eigenvalue weighted by atomic mass is 10.1. The molecule has 84 valence electrons. The number of ether oxygens (including phenoxy) is 1. The van der Waals surface area contributed by atoms with Gasteiger partial charge in [0.1, 0.15) is 17.3 Å². The van der Waals surface area contributed by atoms with E-state index in [1.807, 2.05) is 0 Å². The summed E-state index contributed by atoms with van der Waals surface area (Å²) >= 11 is 0. The van der Waals surface area contributed by atoms with Gasteiger partial charge in [0.25, 0.3) is 0 Å². The van der Waals surface area contributed by atoms with E-state index in [0.717, 1.165) is 18.9 Å². The molecule has 4 heteroatoms. The first-order chi connectivity index (χ1) is 7.19. The highest BCUT2D eigenvalue weighted by molar-refractivity contribution is 5.44. The van der Waals surface area contributed by atoms with E-state index >= 15 is 0 Å². The molecule has 0 aromatic heterocycles. The molecule has 0 bridgehead atoms. The third-order valence-electron chi connectivity index (χ3n) is 2.25. The molecule has 0 aliphatic heterocycles. The highest BCUT2D eigenvalue weighted by Gasteiger charge is 2.10. The number of aromatic hydroxyl groups is 1. The molecule has 0 spiro atoms. The Morgan fingerprint density at radius 2 is 2.13 bits per heavy atom. The van der Waals surface area contributed by atoms with Gasteiger partial charge >= 0.3 is 0 Å². The molecular weight excluding hydrogens is 197 g/mol. The van der Waals surface area contributed by atoms with Gasteiger partial charge in [-0.05, 0) is 25.8 Å². The van der Waals surface area contributed by atoms with Crippen LogP contribution in [0.2, 0.25) is 0 Å². The lowest BCUT2D eigenvalue weighted by molar-refractivity contribution is 0.393. The zero-order chi connectivity index (χ0) is 11.3. The summed E-state index contributed by atoms with van der Waals surface area (Å²) in [5.41, 5.74) is 6.02. The number of unbranched alkanes of at least 4 members (excludes halogenated alkanes) is 1. The van der Waals surface area contributed by atoms with Crippen molar-refractivity contribution in [1.29, 1.82) is 0 Å². The summed E-state index contributed by atoms with van der Waals surface area (Å²) < 4.78 is 17.9. The third kappa shape index (κ3) is 3.09. The molecule has 1 aromatic carbocycles. The van der Waals surface area contributed by atoms with Gasteiger partial charge < -0.3 is 15.6 Å². The Labute approximate surface area is 88.7 Å². The molecule has 0 aliphatic carbocycles. The summed E-state index contributed by atoms with van der Waals surface area (Å²) in [6, 6.07) is 2.37.